The van der Waals surface area contributed by atoms with E-state index in [-0.39, 0.29) is 17.7 Å². The van der Waals surface area contributed by atoms with Crippen molar-refractivity contribution in [2.24, 2.45) is 5.92 Å². The molecule has 0 aromatic heterocycles. The molecule has 2 aliphatic heterocycles. The van der Waals surface area contributed by atoms with E-state index in [2.05, 4.69) is 29.0 Å². The lowest BCUT2D eigenvalue weighted by Gasteiger charge is -2.35. The summed E-state index contributed by atoms with van der Waals surface area (Å²) in [6, 6.07) is 11.2. The van der Waals surface area contributed by atoms with Crippen LogP contribution >= 0.6 is 0 Å². The SMILES string of the molecule is CC(C)CCNC(=O)CN1CCN(CCN2C(=O)c3cccc4cccc(c34)C2=O)CC1. The van der Waals surface area contributed by atoms with Crippen LogP contribution in [-0.4, -0.2) is 84.8 Å². The second-order valence-corrected chi connectivity index (χ2v) is 9.12. The molecule has 2 heterocycles. The summed E-state index contributed by atoms with van der Waals surface area (Å²) in [5.41, 5.74) is 1.21. The summed E-state index contributed by atoms with van der Waals surface area (Å²) in [6.45, 7) is 9.72. The number of nitrogens with one attached hydrogen (secondary N) is 1. The Hall–Kier alpha value is -2.77. The van der Waals surface area contributed by atoms with Gasteiger partial charge in [0.25, 0.3) is 11.8 Å². The second-order valence-electron chi connectivity index (χ2n) is 9.12. The molecule has 32 heavy (non-hydrogen) atoms. The fourth-order valence-corrected chi connectivity index (χ4v) is 4.46. The van der Waals surface area contributed by atoms with Crippen molar-refractivity contribution in [2.75, 3.05) is 52.4 Å². The first-order chi connectivity index (χ1) is 15.4. The summed E-state index contributed by atoms with van der Waals surface area (Å²) in [4.78, 5) is 44.0. The third-order valence-electron chi connectivity index (χ3n) is 6.37. The van der Waals surface area contributed by atoms with E-state index < -0.39 is 0 Å². The highest BCUT2D eigenvalue weighted by molar-refractivity contribution is 6.25. The molecule has 1 saturated heterocycles. The van der Waals surface area contributed by atoms with Gasteiger partial charge in [0, 0.05) is 62.3 Å². The topological polar surface area (TPSA) is 73.0 Å². The van der Waals surface area contributed by atoms with Crippen LogP contribution in [0, 0.1) is 5.92 Å². The Balaban J connectivity index is 1.28. The van der Waals surface area contributed by atoms with Gasteiger partial charge in [-0.1, -0.05) is 38.1 Å². The van der Waals surface area contributed by atoms with Crippen molar-refractivity contribution < 1.29 is 14.4 Å². The van der Waals surface area contributed by atoms with Crippen molar-refractivity contribution in [1.82, 2.24) is 20.0 Å². The van der Waals surface area contributed by atoms with Gasteiger partial charge < -0.3 is 5.32 Å². The van der Waals surface area contributed by atoms with Gasteiger partial charge in [-0.15, -0.1) is 0 Å². The van der Waals surface area contributed by atoms with Gasteiger partial charge in [0.1, 0.15) is 0 Å². The number of benzene rings is 2. The average Bonchev–Trinajstić information content (AvgIpc) is 2.78. The fourth-order valence-electron chi connectivity index (χ4n) is 4.46. The third-order valence-corrected chi connectivity index (χ3v) is 6.37. The highest BCUT2D eigenvalue weighted by Crippen LogP contribution is 2.29. The van der Waals surface area contributed by atoms with Crippen LogP contribution in [0.15, 0.2) is 36.4 Å². The number of nitrogens with zero attached hydrogens (tertiary/aromatic N) is 3. The van der Waals surface area contributed by atoms with E-state index in [0.717, 1.165) is 49.9 Å². The standard InChI is InChI=1S/C25H32N4O3/c1-18(2)9-10-26-22(30)17-28-13-11-27(12-14-28)15-16-29-24(31)20-7-3-5-19-6-4-8-21(23(19)20)25(29)32/h3-8,18H,9-17H2,1-2H3,(H,26,30). The molecule has 0 radical (unpaired) electrons. The molecule has 2 aromatic rings. The van der Waals surface area contributed by atoms with Crippen molar-refractivity contribution in [1.29, 1.82) is 0 Å². The van der Waals surface area contributed by atoms with Crippen molar-refractivity contribution in [3.8, 4) is 0 Å². The molecule has 3 amide bonds. The van der Waals surface area contributed by atoms with Crippen LogP contribution in [-0.2, 0) is 4.79 Å². The summed E-state index contributed by atoms with van der Waals surface area (Å²) >= 11 is 0. The number of carbonyl (C=O) groups is 3. The first-order valence-electron chi connectivity index (χ1n) is 11.5. The van der Waals surface area contributed by atoms with Crippen LogP contribution in [0.4, 0.5) is 0 Å². The summed E-state index contributed by atoms with van der Waals surface area (Å²) in [7, 11) is 0. The Bertz CT molecular complexity index is 961. The lowest BCUT2D eigenvalue weighted by Crippen LogP contribution is -2.52. The van der Waals surface area contributed by atoms with E-state index >= 15 is 0 Å². The molecule has 2 aromatic carbocycles. The highest BCUT2D eigenvalue weighted by atomic mass is 16.2. The molecule has 0 aliphatic carbocycles. The van der Waals surface area contributed by atoms with Crippen molar-refractivity contribution in [2.45, 2.75) is 20.3 Å². The first-order valence-corrected chi connectivity index (χ1v) is 11.5. The largest absolute Gasteiger partial charge is 0.355 e. The van der Waals surface area contributed by atoms with Crippen molar-refractivity contribution in [3.05, 3.63) is 47.5 Å². The number of rotatable bonds is 8. The molecule has 7 heteroatoms. The second kappa shape index (κ2) is 9.79. The molecule has 0 bridgehead atoms. The molecule has 2 aliphatic rings. The number of piperazine rings is 1. The van der Waals surface area contributed by atoms with Gasteiger partial charge in [-0.25, -0.2) is 0 Å². The molecule has 1 N–H and O–H groups in total. The van der Waals surface area contributed by atoms with E-state index in [4.69, 9.17) is 0 Å². The van der Waals surface area contributed by atoms with Crippen LogP contribution in [0.5, 0.6) is 0 Å². The number of carbonyl (C=O) groups excluding carboxylic acids is 3. The molecule has 1 fully saturated rings. The molecule has 4 rings (SSSR count). The third kappa shape index (κ3) is 4.84. The van der Waals surface area contributed by atoms with Crippen molar-refractivity contribution >= 4 is 28.5 Å². The maximum absolute atomic E-state index is 13.0. The summed E-state index contributed by atoms with van der Waals surface area (Å²) in [6.07, 6.45) is 0.992. The van der Waals surface area contributed by atoms with Crippen LogP contribution in [0.2, 0.25) is 0 Å². The van der Waals surface area contributed by atoms with E-state index in [9.17, 15) is 14.4 Å². The van der Waals surface area contributed by atoms with E-state index in [1.165, 1.54) is 4.90 Å². The number of hydrogen-bond donors (Lipinski definition) is 1. The molecular formula is C25H32N4O3. The number of amides is 3. The molecule has 0 atom stereocenters. The minimum atomic E-state index is -0.212. The van der Waals surface area contributed by atoms with Gasteiger partial charge in [-0.2, -0.15) is 0 Å². The molecule has 0 saturated carbocycles. The fraction of sp³-hybridized carbons (Fsp3) is 0.480. The predicted octanol–water partition coefficient (Wildman–Crippen LogP) is 2.22. The van der Waals surface area contributed by atoms with E-state index in [0.29, 0.717) is 36.7 Å². The van der Waals surface area contributed by atoms with Crippen LogP contribution in [0.25, 0.3) is 10.8 Å². The predicted molar refractivity (Wildman–Crippen MR) is 125 cm³/mol. The molecule has 0 unspecified atom stereocenters. The maximum Gasteiger partial charge on any atom is 0.261 e. The maximum atomic E-state index is 13.0. The Morgan fingerprint density at radius 3 is 2.09 bits per heavy atom. The molecular weight excluding hydrogens is 404 g/mol. The first kappa shape index (κ1) is 22.4. The Kier molecular flexibility index (Phi) is 6.86. The van der Waals surface area contributed by atoms with Gasteiger partial charge in [-0.05, 0) is 29.9 Å². The summed E-state index contributed by atoms with van der Waals surface area (Å²) in [5, 5.41) is 4.68. The zero-order valence-electron chi connectivity index (χ0n) is 19.0. The number of imide groups is 1. The van der Waals surface area contributed by atoms with Crippen LogP contribution in [0.1, 0.15) is 41.0 Å². The Labute approximate surface area is 189 Å². The van der Waals surface area contributed by atoms with Gasteiger partial charge in [0.2, 0.25) is 5.91 Å². The van der Waals surface area contributed by atoms with Gasteiger partial charge in [-0.3, -0.25) is 29.1 Å². The average molecular weight is 437 g/mol. The van der Waals surface area contributed by atoms with Gasteiger partial charge in [0.05, 0.1) is 6.54 Å². The molecule has 0 spiro atoms. The molecule has 7 nitrogen and oxygen atoms in total. The van der Waals surface area contributed by atoms with Crippen molar-refractivity contribution in [3.63, 3.8) is 0 Å². The summed E-state index contributed by atoms with van der Waals surface area (Å²) < 4.78 is 0. The molecule has 170 valence electrons. The Morgan fingerprint density at radius 2 is 1.50 bits per heavy atom. The Morgan fingerprint density at radius 1 is 0.906 bits per heavy atom. The van der Waals surface area contributed by atoms with Gasteiger partial charge in [0.15, 0.2) is 0 Å². The monoisotopic (exact) mass is 436 g/mol. The highest BCUT2D eigenvalue weighted by Gasteiger charge is 2.32. The lowest BCUT2D eigenvalue weighted by molar-refractivity contribution is -0.122. The van der Waals surface area contributed by atoms with Gasteiger partial charge >= 0.3 is 0 Å². The zero-order valence-corrected chi connectivity index (χ0v) is 19.0. The summed E-state index contributed by atoms with van der Waals surface area (Å²) in [5.74, 6) is 0.238. The normalized spacial score (nSPS) is 17.4. The van der Waals surface area contributed by atoms with E-state index in [1.807, 2.05) is 24.3 Å². The lowest BCUT2D eigenvalue weighted by atomic mass is 9.94. The zero-order chi connectivity index (χ0) is 22.7. The minimum Gasteiger partial charge on any atom is -0.355 e. The number of hydrogen-bond acceptors (Lipinski definition) is 5. The quantitative estimate of drug-likeness (QED) is 0.643. The van der Waals surface area contributed by atoms with Crippen LogP contribution < -0.4 is 5.32 Å². The van der Waals surface area contributed by atoms with Crippen LogP contribution in [0.3, 0.4) is 0 Å². The minimum absolute atomic E-state index is 0.0800. The smallest absolute Gasteiger partial charge is 0.261 e. The van der Waals surface area contributed by atoms with E-state index in [1.54, 1.807) is 12.1 Å².